The van der Waals surface area contributed by atoms with Crippen molar-refractivity contribution in [3.63, 3.8) is 0 Å². The fraction of sp³-hybridized carbons (Fsp3) is 0.130. The number of amidine groups is 1. The Morgan fingerprint density at radius 1 is 0.862 bits per heavy atom. The highest BCUT2D eigenvalue weighted by Gasteiger charge is 2.18. The van der Waals surface area contributed by atoms with Gasteiger partial charge in [-0.1, -0.05) is 6.92 Å². The van der Waals surface area contributed by atoms with Crippen molar-refractivity contribution < 1.29 is 13.5 Å². The lowest BCUT2D eigenvalue weighted by Gasteiger charge is -2.09. The fourth-order valence-corrected chi connectivity index (χ4v) is 3.00. The number of benzene rings is 3. The molecule has 0 bridgehead atoms. The molecule has 1 N–H and O–H groups in total. The monoisotopic (exact) mass is 391 g/mol. The summed E-state index contributed by atoms with van der Waals surface area (Å²) in [5.41, 5.74) is 6.11. The molecular formula is C23H19F2N3O. The lowest BCUT2D eigenvalue weighted by molar-refractivity contribution is 0.317. The molecule has 4 nitrogen and oxygen atoms in total. The van der Waals surface area contributed by atoms with E-state index >= 15 is 0 Å². The van der Waals surface area contributed by atoms with Gasteiger partial charge in [-0.05, 0) is 73.2 Å². The molecule has 0 unspecified atom stereocenters. The van der Waals surface area contributed by atoms with Gasteiger partial charge in [-0.15, -0.1) is 0 Å². The summed E-state index contributed by atoms with van der Waals surface area (Å²) < 4.78 is 32.9. The molecule has 0 aliphatic carbocycles. The van der Waals surface area contributed by atoms with Gasteiger partial charge in [0, 0.05) is 16.7 Å². The third-order valence-corrected chi connectivity index (χ3v) is 4.44. The first-order valence-corrected chi connectivity index (χ1v) is 9.35. The van der Waals surface area contributed by atoms with Crippen molar-refractivity contribution in [2.45, 2.75) is 13.3 Å². The molecule has 0 radical (unpaired) electrons. The molecular weight excluding hydrogens is 372 g/mol. The molecule has 0 fully saturated rings. The smallest absolute Gasteiger partial charge is 0.154 e. The Balaban J connectivity index is 1.74. The summed E-state index contributed by atoms with van der Waals surface area (Å²) in [5, 5.41) is 4.48. The van der Waals surface area contributed by atoms with E-state index in [1.165, 1.54) is 24.3 Å². The van der Waals surface area contributed by atoms with Crippen LogP contribution >= 0.6 is 0 Å². The predicted molar refractivity (Wildman–Crippen MR) is 110 cm³/mol. The molecule has 0 spiro atoms. The zero-order chi connectivity index (χ0) is 20.2. The van der Waals surface area contributed by atoms with Crippen molar-refractivity contribution in [2.75, 3.05) is 6.61 Å². The molecule has 0 atom stereocenters. The van der Waals surface area contributed by atoms with Gasteiger partial charge >= 0.3 is 0 Å². The van der Waals surface area contributed by atoms with Gasteiger partial charge in [0.2, 0.25) is 0 Å². The molecule has 3 aromatic rings. The maximum atomic E-state index is 14.0. The number of hydrazone groups is 1. The van der Waals surface area contributed by atoms with Gasteiger partial charge in [0.15, 0.2) is 5.84 Å². The number of ether oxygens (including phenoxy) is 1. The van der Waals surface area contributed by atoms with Crippen LogP contribution in [0.5, 0.6) is 5.75 Å². The van der Waals surface area contributed by atoms with Crippen LogP contribution in [0.1, 0.15) is 30.0 Å². The molecule has 4 rings (SSSR count). The molecule has 146 valence electrons. The summed E-state index contributed by atoms with van der Waals surface area (Å²) in [6.45, 7) is 2.69. The Morgan fingerprint density at radius 3 is 2.28 bits per heavy atom. The van der Waals surface area contributed by atoms with E-state index in [2.05, 4.69) is 15.5 Å². The number of halogens is 2. The molecule has 0 aromatic heterocycles. The van der Waals surface area contributed by atoms with Crippen LogP contribution in [-0.2, 0) is 0 Å². The lowest BCUT2D eigenvalue weighted by Crippen LogP contribution is -2.19. The molecule has 0 amide bonds. The van der Waals surface area contributed by atoms with Crippen LogP contribution in [0.3, 0.4) is 0 Å². The van der Waals surface area contributed by atoms with Crippen molar-refractivity contribution in [3.8, 4) is 5.75 Å². The molecule has 6 heteroatoms. The van der Waals surface area contributed by atoms with Gasteiger partial charge in [0.25, 0.3) is 0 Å². The van der Waals surface area contributed by atoms with Crippen molar-refractivity contribution in [1.82, 2.24) is 5.43 Å². The third-order valence-electron chi connectivity index (χ3n) is 4.44. The van der Waals surface area contributed by atoms with E-state index in [0.717, 1.165) is 17.7 Å². The Hall–Kier alpha value is -3.54. The highest BCUT2D eigenvalue weighted by atomic mass is 19.1. The van der Waals surface area contributed by atoms with E-state index in [1.807, 2.05) is 31.2 Å². The summed E-state index contributed by atoms with van der Waals surface area (Å²) in [5.74, 6) is 0.510. The van der Waals surface area contributed by atoms with Crippen LogP contribution in [0, 0.1) is 11.6 Å². The van der Waals surface area contributed by atoms with Crippen LogP contribution in [0.4, 0.5) is 14.5 Å². The summed E-state index contributed by atoms with van der Waals surface area (Å²) in [4.78, 5) is 4.59. The number of fused-ring (bicyclic) bond motifs is 1. The minimum Gasteiger partial charge on any atom is -0.494 e. The largest absolute Gasteiger partial charge is 0.494 e. The van der Waals surface area contributed by atoms with Crippen molar-refractivity contribution >= 4 is 17.2 Å². The Morgan fingerprint density at radius 2 is 1.55 bits per heavy atom. The number of hydrogen-bond acceptors (Lipinski definition) is 4. The molecule has 1 aliphatic heterocycles. The highest BCUT2D eigenvalue weighted by molar-refractivity contribution is 6.18. The Kier molecular flexibility index (Phi) is 5.33. The molecule has 0 saturated carbocycles. The minimum atomic E-state index is -0.375. The maximum Gasteiger partial charge on any atom is 0.154 e. The van der Waals surface area contributed by atoms with Gasteiger partial charge in [-0.25, -0.2) is 13.8 Å². The SMILES string of the molecule is CCCOc1ccc(C2=NNC(c3ccc(F)cc3)=Nc3ccc(F)cc32)cc1. The lowest BCUT2D eigenvalue weighted by atomic mass is 10.0. The Labute approximate surface area is 167 Å². The standard InChI is InChI=1S/C23H19F2N3O/c1-2-13-29-19-10-5-15(6-11-19)22-20-14-18(25)9-12-21(20)26-23(28-27-22)16-3-7-17(24)8-4-16/h3-12,14H,2,13H2,1H3,(H,26,28). The first-order chi connectivity index (χ1) is 14.1. The van der Waals surface area contributed by atoms with Crippen LogP contribution in [0.15, 0.2) is 76.8 Å². The minimum absolute atomic E-state index is 0.333. The van der Waals surface area contributed by atoms with Gasteiger partial charge in [-0.3, -0.25) is 5.43 Å². The zero-order valence-electron chi connectivity index (χ0n) is 15.8. The maximum absolute atomic E-state index is 14.0. The molecule has 1 heterocycles. The van der Waals surface area contributed by atoms with E-state index in [4.69, 9.17) is 4.74 Å². The van der Waals surface area contributed by atoms with Crippen LogP contribution < -0.4 is 10.2 Å². The number of hydrogen-bond donors (Lipinski definition) is 1. The topological polar surface area (TPSA) is 46.0 Å². The summed E-state index contributed by atoms with van der Waals surface area (Å²) in [7, 11) is 0. The number of nitrogens with one attached hydrogen (secondary N) is 1. The quantitative estimate of drug-likeness (QED) is 0.651. The fourth-order valence-electron chi connectivity index (χ4n) is 3.00. The molecule has 0 saturated heterocycles. The average molecular weight is 391 g/mol. The van der Waals surface area contributed by atoms with Crippen LogP contribution in [0.2, 0.25) is 0 Å². The van der Waals surface area contributed by atoms with Crippen molar-refractivity contribution in [1.29, 1.82) is 0 Å². The number of aliphatic imine (C=N–C) groups is 1. The predicted octanol–water partition coefficient (Wildman–Crippen LogP) is 5.19. The highest BCUT2D eigenvalue weighted by Crippen LogP contribution is 2.27. The van der Waals surface area contributed by atoms with E-state index < -0.39 is 0 Å². The first kappa shape index (κ1) is 18.8. The summed E-state index contributed by atoms with van der Waals surface area (Å²) >= 11 is 0. The van der Waals surface area contributed by atoms with Crippen LogP contribution in [-0.4, -0.2) is 18.2 Å². The van der Waals surface area contributed by atoms with Gasteiger partial charge in [0.05, 0.1) is 12.3 Å². The number of rotatable bonds is 5. The van der Waals surface area contributed by atoms with Gasteiger partial charge in [0.1, 0.15) is 23.1 Å². The van der Waals surface area contributed by atoms with Gasteiger partial charge in [-0.2, -0.15) is 5.10 Å². The van der Waals surface area contributed by atoms with Crippen LogP contribution in [0.25, 0.3) is 0 Å². The third kappa shape index (κ3) is 4.16. The molecule has 29 heavy (non-hydrogen) atoms. The van der Waals surface area contributed by atoms with E-state index in [9.17, 15) is 8.78 Å². The van der Waals surface area contributed by atoms with E-state index in [0.29, 0.717) is 35.0 Å². The van der Waals surface area contributed by atoms with E-state index in [-0.39, 0.29) is 11.6 Å². The zero-order valence-corrected chi connectivity index (χ0v) is 15.8. The first-order valence-electron chi connectivity index (χ1n) is 9.35. The second kappa shape index (κ2) is 8.22. The Bertz CT molecular complexity index is 1070. The second-order valence-corrected chi connectivity index (χ2v) is 6.57. The second-order valence-electron chi connectivity index (χ2n) is 6.57. The molecule has 1 aliphatic rings. The van der Waals surface area contributed by atoms with Gasteiger partial charge < -0.3 is 4.74 Å². The summed E-state index contributed by atoms with van der Waals surface area (Å²) in [6, 6.07) is 17.8. The summed E-state index contributed by atoms with van der Waals surface area (Å²) in [6.07, 6.45) is 0.925. The van der Waals surface area contributed by atoms with E-state index in [1.54, 1.807) is 18.2 Å². The average Bonchev–Trinajstić information content (AvgIpc) is 2.93. The van der Waals surface area contributed by atoms with Crippen molar-refractivity contribution in [2.24, 2.45) is 10.1 Å². The molecule has 3 aromatic carbocycles. The number of nitrogens with zero attached hydrogens (tertiary/aromatic N) is 2. The normalized spacial score (nSPS) is 12.9. The van der Waals surface area contributed by atoms with Crippen molar-refractivity contribution in [3.05, 3.63) is 95.1 Å².